The van der Waals surface area contributed by atoms with E-state index in [2.05, 4.69) is 19.2 Å². The summed E-state index contributed by atoms with van der Waals surface area (Å²) < 4.78 is 33.8. The molecule has 0 spiro atoms. The molecule has 19 heteroatoms. The van der Waals surface area contributed by atoms with Crippen LogP contribution < -0.4 is 5.32 Å². The van der Waals surface area contributed by atoms with Gasteiger partial charge >= 0.3 is 0 Å². The minimum atomic E-state index is -1.96. The van der Waals surface area contributed by atoms with Gasteiger partial charge in [-0.25, -0.2) is 0 Å². The number of unbranched alkanes of at least 4 members (excludes halogenated alkanes) is 11. The van der Waals surface area contributed by atoms with Crippen molar-refractivity contribution in [1.82, 2.24) is 5.32 Å². The number of hydrogen-bond acceptors (Lipinski definition) is 18. The summed E-state index contributed by atoms with van der Waals surface area (Å²) in [4.78, 5) is 13.0. The van der Waals surface area contributed by atoms with Gasteiger partial charge in [0.1, 0.15) is 73.2 Å². The summed E-state index contributed by atoms with van der Waals surface area (Å²) in [6.45, 7) is 1.57. The van der Waals surface area contributed by atoms with Crippen LogP contribution in [0.15, 0.2) is 0 Å². The van der Waals surface area contributed by atoms with Crippen LogP contribution in [0.25, 0.3) is 0 Å². The molecule has 3 aliphatic rings. The first-order valence-corrected chi connectivity index (χ1v) is 21.3. The Labute approximate surface area is 341 Å². The molecule has 12 N–H and O–H groups in total. The maximum atomic E-state index is 13.0. The van der Waals surface area contributed by atoms with Crippen molar-refractivity contribution < 1.29 is 89.4 Å². The van der Waals surface area contributed by atoms with Crippen LogP contribution in [-0.2, 0) is 33.2 Å². The smallest absolute Gasteiger partial charge is 0.220 e. The van der Waals surface area contributed by atoms with Gasteiger partial charge in [-0.2, -0.15) is 0 Å². The summed E-state index contributed by atoms with van der Waals surface area (Å²) in [5.41, 5.74) is 0. The molecule has 3 aliphatic heterocycles. The van der Waals surface area contributed by atoms with E-state index in [0.717, 1.165) is 51.4 Å². The zero-order chi connectivity index (χ0) is 42.8. The molecule has 0 radical (unpaired) electrons. The molecule has 1 amide bonds. The zero-order valence-corrected chi connectivity index (χ0v) is 34.0. The highest BCUT2D eigenvalue weighted by Gasteiger charge is 2.53. The third kappa shape index (κ3) is 15.0. The van der Waals surface area contributed by atoms with E-state index in [0.29, 0.717) is 12.8 Å². The standard InChI is InChI=1S/C39H73NO18/c1-3-5-7-9-10-11-13-15-17-27(45)40-22(23(44)16-14-12-8-6-4-2)21-53-37-33(51)30(48)35(25(19-42)55-37)58-39-34(52)31(49)36(26(20-43)56-39)57-38-32(50)29(47)28(46)24(18-41)54-38/h22-26,28-39,41-44,46-52H,3-21H2,1-2H3,(H,40,45). The first-order chi connectivity index (χ1) is 27.8. The summed E-state index contributed by atoms with van der Waals surface area (Å²) in [6, 6.07) is -0.872. The van der Waals surface area contributed by atoms with Crippen molar-refractivity contribution in [2.24, 2.45) is 0 Å². The summed E-state index contributed by atoms with van der Waals surface area (Å²) in [5.74, 6) is -0.258. The normalized spacial score (nSPS) is 36.7. The van der Waals surface area contributed by atoms with Crippen molar-refractivity contribution in [3.8, 4) is 0 Å². The van der Waals surface area contributed by atoms with Crippen molar-refractivity contribution in [1.29, 1.82) is 0 Å². The Balaban J connectivity index is 1.61. The van der Waals surface area contributed by atoms with E-state index in [9.17, 15) is 61.0 Å². The average molecular weight is 844 g/mol. The second-order valence-corrected chi connectivity index (χ2v) is 15.8. The van der Waals surface area contributed by atoms with Gasteiger partial charge in [-0.1, -0.05) is 90.9 Å². The monoisotopic (exact) mass is 843 g/mol. The maximum Gasteiger partial charge on any atom is 0.220 e. The Morgan fingerprint density at radius 2 is 0.983 bits per heavy atom. The van der Waals surface area contributed by atoms with Gasteiger partial charge in [-0.3, -0.25) is 4.79 Å². The number of aliphatic hydroxyl groups is 11. The third-order valence-corrected chi connectivity index (χ3v) is 11.2. The minimum absolute atomic E-state index is 0.258. The van der Waals surface area contributed by atoms with Crippen molar-refractivity contribution in [2.45, 2.75) is 214 Å². The molecule has 3 rings (SSSR count). The van der Waals surface area contributed by atoms with Crippen LogP contribution in [-0.4, -0.2) is 193 Å². The fraction of sp³-hybridized carbons (Fsp3) is 0.974. The fourth-order valence-corrected chi connectivity index (χ4v) is 7.49. The number of aliphatic hydroxyl groups excluding tert-OH is 11. The Morgan fingerprint density at radius 3 is 1.50 bits per heavy atom. The molecule has 0 bridgehead atoms. The minimum Gasteiger partial charge on any atom is -0.394 e. The summed E-state index contributed by atoms with van der Waals surface area (Å²) >= 11 is 0. The van der Waals surface area contributed by atoms with Gasteiger partial charge < -0.3 is 89.9 Å². The summed E-state index contributed by atoms with van der Waals surface area (Å²) in [6.07, 6.45) is -12.4. The first kappa shape index (κ1) is 51.1. The Morgan fingerprint density at radius 1 is 0.552 bits per heavy atom. The van der Waals surface area contributed by atoms with E-state index >= 15 is 0 Å². The van der Waals surface area contributed by atoms with E-state index in [-0.39, 0.29) is 18.9 Å². The van der Waals surface area contributed by atoms with Gasteiger partial charge in [0.05, 0.1) is 38.6 Å². The van der Waals surface area contributed by atoms with Crippen molar-refractivity contribution in [3.63, 3.8) is 0 Å². The molecule has 3 heterocycles. The number of nitrogens with one attached hydrogen (secondary N) is 1. The molecule has 19 nitrogen and oxygen atoms in total. The number of amides is 1. The van der Waals surface area contributed by atoms with Crippen LogP contribution in [0.1, 0.15) is 110 Å². The van der Waals surface area contributed by atoms with E-state index < -0.39 is 124 Å². The van der Waals surface area contributed by atoms with Crippen LogP contribution in [0.2, 0.25) is 0 Å². The summed E-state index contributed by atoms with van der Waals surface area (Å²) in [7, 11) is 0. The highest BCUT2D eigenvalue weighted by Crippen LogP contribution is 2.33. The number of hydrogen-bond donors (Lipinski definition) is 12. The number of rotatable bonds is 27. The lowest BCUT2D eigenvalue weighted by Gasteiger charge is -2.48. The van der Waals surface area contributed by atoms with Crippen LogP contribution in [0.3, 0.4) is 0 Å². The van der Waals surface area contributed by atoms with Gasteiger partial charge in [0.25, 0.3) is 0 Å². The van der Waals surface area contributed by atoms with Gasteiger partial charge in [0.15, 0.2) is 18.9 Å². The largest absolute Gasteiger partial charge is 0.394 e. The molecule has 17 atom stereocenters. The highest BCUT2D eigenvalue weighted by molar-refractivity contribution is 5.76. The number of ether oxygens (including phenoxy) is 6. The zero-order valence-electron chi connectivity index (χ0n) is 34.0. The lowest BCUT2D eigenvalue weighted by atomic mass is 9.96. The van der Waals surface area contributed by atoms with Crippen LogP contribution >= 0.6 is 0 Å². The highest BCUT2D eigenvalue weighted by atomic mass is 16.8. The molecule has 3 saturated heterocycles. The third-order valence-electron chi connectivity index (χ3n) is 11.2. The topological polar surface area (TPSA) is 307 Å². The number of carbonyl (C=O) groups excluding carboxylic acids is 1. The predicted octanol–water partition coefficient (Wildman–Crippen LogP) is -1.81. The van der Waals surface area contributed by atoms with Crippen molar-refractivity contribution in [3.05, 3.63) is 0 Å². The van der Waals surface area contributed by atoms with Crippen LogP contribution in [0, 0.1) is 0 Å². The molecular formula is C39H73NO18. The molecule has 0 saturated carbocycles. The molecule has 0 aromatic rings. The van der Waals surface area contributed by atoms with Gasteiger partial charge in [0, 0.05) is 6.42 Å². The van der Waals surface area contributed by atoms with Crippen molar-refractivity contribution >= 4 is 5.91 Å². The molecule has 3 fully saturated rings. The van der Waals surface area contributed by atoms with Gasteiger partial charge in [-0.05, 0) is 12.8 Å². The van der Waals surface area contributed by atoms with Crippen LogP contribution in [0.5, 0.6) is 0 Å². The molecule has 0 aromatic carbocycles. The van der Waals surface area contributed by atoms with E-state index in [4.69, 9.17) is 28.4 Å². The van der Waals surface area contributed by atoms with Crippen molar-refractivity contribution in [2.75, 3.05) is 26.4 Å². The molecule has 0 aliphatic carbocycles. The lowest BCUT2D eigenvalue weighted by molar-refractivity contribution is -0.379. The molecular weight excluding hydrogens is 770 g/mol. The summed E-state index contributed by atoms with van der Waals surface area (Å²) in [5, 5.41) is 119. The first-order valence-electron chi connectivity index (χ1n) is 21.3. The maximum absolute atomic E-state index is 13.0. The van der Waals surface area contributed by atoms with Crippen LogP contribution in [0.4, 0.5) is 0 Å². The number of carbonyl (C=O) groups is 1. The Hall–Kier alpha value is -1.21. The second-order valence-electron chi connectivity index (χ2n) is 15.8. The lowest BCUT2D eigenvalue weighted by Crippen LogP contribution is -2.66. The SMILES string of the molecule is CCCCCCCCCCC(=O)NC(COC1OC(CO)C(OC2OC(CO)C(OC3OC(CO)C(O)C(O)C3O)C(O)C2O)C(O)C1O)C(O)CCCCCCC. The molecule has 17 unspecified atom stereocenters. The second kappa shape index (κ2) is 27.0. The van der Waals surface area contributed by atoms with Gasteiger partial charge in [-0.15, -0.1) is 0 Å². The average Bonchev–Trinajstić information content (AvgIpc) is 3.21. The van der Waals surface area contributed by atoms with Gasteiger partial charge in [0.2, 0.25) is 5.91 Å². The Bertz CT molecular complexity index is 1110. The quantitative estimate of drug-likeness (QED) is 0.0406. The Kier molecular flexibility index (Phi) is 23.8. The predicted molar refractivity (Wildman–Crippen MR) is 204 cm³/mol. The fourth-order valence-electron chi connectivity index (χ4n) is 7.49. The molecule has 0 aromatic heterocycles. The van der Waals surface area contributed by atoms with E-state index in [1.54, 1.807) is 0 Å². The molecule has 342 valence electrons. The van der Waals surface area contributed by atoms with E-state index in [1.807, 2.05) is 0 Å². The van der Waals surface area contributed by atoms with E-state index in [1.165, 1.54) is 25.7 Å². The molecule has 58 heavy (non-hydrogen) atoms.